The van der Waals surface area contributed by atoms with Gasteiger partial charge in [-0.05, 0) is 48.0 Å². The van der Waals surface area contributed by atoms with Crippen LogP contribution in [0.3, 0.4) is 0 Å². The Balaban J connectivity index is 1.37. The number of piperazine rings is 1. The van der Waals surface area contributed by atoms with Crippen LogP contribution >= 0.6 is 11.6 Å². The highest BCUT2D eigenvalue weighted by Gasteiger charge is 2.26. The van der Waals surface area contributed by atoms with Crippen LogP contribution in [-0.2, 0) is 21.4 Å². The maximum Gasteiger partial charge on any atom is 0.243 e. The van der Waals surface area contributed by atoms with Crippen LogP contribution in [0.25, 0.3) is 0 Å². The fraction of sp³-hybridized carbons (Fsp3) is 0.269. The summed E-state index contributed by atoms with van der Waals surface area (Å²) in [5, 5.41) is 0.668. The Morgan fingerprint density at radius 2 is 1.63 bits per heavy atom. The zero-order chi connectivity index (χ0) is 24.8. The van der Waals surface area contributed by atoms with Gasteiger partial charge in [-0.3, -0.25) is 9.10 Å². The van der Waals surface area contributed by atoms with E-state index in [1.165, 1.54) is 0 Å². The van der Waals surface area contributed by atoms with Crippen LogP contribution < -0.4 is 13.9 Å². The van der Waals surface area contributed by atoms with Crippen molar-refractivity contribution in [2.75, 3.05) is 48.2 Å². The lowest BCUT2D eigenvalue weighted by Crippen LogP contribution is -2.52. The molecular formula is C26H28ClN3O4S. The Bertz CT molecular complexity index is 1250. The molecule has 3 aromatic carbocycles. The molecule has 0 spiro atoms. The topological polar surface area (TPSA) is 70.2 Å². The minimum Gasteiger partial charge on any atom is -0.489 e. The molecule has 0 saturated carbocycles. The molecule has 1 heterocycles. The molecule has 0 bridgehead atoms. The summed E-state index contributed by atoms with van der Waals surface area (Å²) in [6.07, 6.45) is 1.11. The summed E-state index contributed by atoms with van der Waals surface area (Å²) in [7, 11) is -3.66. The normalized spacial score (nSPS) is 14.0. The van der Waals surface area contributed by atoms with E-state index in [9.17, 15) is 13.2 Å². The lowest BCUT2D eigenvalue weighted by atomic mass is 10.2. The van der Waals surface area contributed by atoms with E-state index < -0.39 is 10.0 Å². The van der Waals surface area contributed by atoms with Gasteiger partial charge in [-0.25, -0.2) is 8.42 Å². The standard InChI is InChI=1S/C26H28ClN3O4S/c1-35(32,33)30(23-10-12-25(13-11-23)34-20-21-6-3-2-4-7-21)19-26(31)29-16-14-28(15-17-29)24-9-5-8-22(27)18-24/h2-13,18H,14-17,19-20H2,1H3. The van der Waals surface area contributed by atoms with Gasteiger partial charge in [-0.2, -0.15) is 0 Å². The van der Waals surface area contributed by atoms with Gasteiger partial charge in [0.2, 0.25) is 15.9 Å². The van der Waals surface area contributed by atoms with Gasteiger partial charge in [-0.15, -0.1) is 0 Å². The van der Waals surface area contributed by atoms with Gasteiger partial charge in [0.1, 0.15) is 18.9 Å². The number of rotatable bonds is 8. The Hall–Kier alpha value is -3.23. The number of halogens is 1. The fourth-order valence-corrected chi connectivity index (χ4v) is 4.99. The molecule has 9 heteroatoms. The smallest absolute Gasteiger partial charge is 0.243 e. The van der Waals surface area contributed by atoms with Crippen molar-refractivity contribution >= 4 is 38.9 Å². The second-order valence-electron chi connectivity index (χ2n) is 8.39. The number of carbonyl (C=O) groups excluding carboxylic acids is 1. The Labute approximate surface area is 211 Å². The number of amides is 1. The van der Waals surface area contributed by atoms with E-state index in [1.807, 2.05) is 54.6 Å². The molecule has 4 rings (SSSR count). The van der Waals surface area contributed by atoms with E-state index >= 15 is 0 Å². The first kappa shape index (κ1) is 24.9. The summed E-state index contributed by atoms with van der Waals surface area (Å²) < 4.78 is 32.0. The van der Waals surface area contributed by atoms with Gasteiger partial charge < -0.3 is 14.5 Å². The average molecular weight is 514 g/mol. The number of anilines is 2. The molecule has 184 valence electrons. The van der Waals surface area contributed by atoms with Crippen LogP contribution in [0.2, 0.25) is 5.02 Å². The molecular weight excluding hydrogens is 486 g/mol. The minimum absolute atomic E-state index is 0.231. The first-order valence-electron chi connectivity index (χ1n) is 11.3. The summed E-state index contributed by atoms with van der Waals surface area (Å²) in [6, 6.07) is 24.1. The van der Waals surface area contributed by atoms with Crippen molar-refractivity contribution in [2.45, 2.75) is 6.61 Å². The van der Waals surface area contributed by atoms with Gasteiger partial charge in [0.15, 0.2) is 0 Å². The molecule has 1 aliphatic heterocycles. The number of ether oxygens (including phenoxy) is 1. The lowest BCUT2D eigenvalue weighted by molar-refractivity contribution is -0.129. The van der Waals surface area contributed by atoms with E-state index in [0.29, 0.717) is 49.2 Å². The van der Waals surface area contributed by atoms with E-state index in [2.05, 4.69) is 4.90 Å². The second kappa shape index (κ2) is 11.0. The summed E-state index contributed by atoms with van der Waals surface area (Å²) in [4.78, 5) is 16.9. The van der Waals surface area contributed by atoms with Gasteiger partial charge in [0, 0.05) is 36.9 Å². The molecule has 1 amide bonds. The van der Waals surface area contributed by atoms with Gasteiger partial charge in [0.05, 0.1) is 11.9 Å². The van der Waals surface area contributed by atoms with Crippen LogP contribution in [-0.4, -0.2) is 58.2 Å². The van der Waals surface area contributed by atoms with Crippen molar-refractivity contribution in [3.63, 3.8) is 0 Å². The number of hydrogen-bond acceptors (Lipinski definition) is 5. The molecule has 0 N–H and O–H groups in total. The van der Waals surface area contributed by atoms with E-state index in [-0.39, 0.29) is 12.5 Å². The molecule has 1 aliphatic rings. The monoisotopic (exact) mass is 513 g/mol. The van der Waals surface area contributed by atoms with Gasteiger partial charge >= 0.3 is 0 Å². The van der Waals surface area contributed by atoms with Crippen LogP contribution in [0.1, 0.15) is 5.56 Å². The number of sulfonamides is 1. The lowest BCUT2D eigenvalue weighted by Gasteiger charge is -2.37. The van der Waals surface area contributed by atoms with Crippen molar-refractivity contribution in [3.05, 3.63) is 89.4 Å². The number of nitrogens with zero attached hydrogens (tertiary/aromatic N) is 3. The predicted molar refractivity (Wildman–Crippen MR) is 140 cm³/mol. The number of carbonyl (C=O) groups is 1. The van der Waals surface area contributed by atoms with Crippen LogP contribution in [0.5, 0.6) is 5.75 Å². The molecule has 3 aromatic rings. The van der Waals surface area contributed by atoms with Crippen molar-refractivity contribution in [1.82, 2.24) is 4.90 Å². The molecule has 0 atom stereocenters. The van der Waals surface area contributed by atoms with Crippen molar-refractivity contribution in [2.24, 2.45) is 0 Å². The third-order valence-corrected chi connectivity index (χ3v) is 7.23. The van der Waals surface area contributed by atoms with Crippen LogP contribution in [0, 0.1) is 0 Å². The van der Waals surface area contributed by atoms with Crippen molar-refractivity contribution in [1.29, 1.82) is 0 Å². The molecule has 0 aromatic heterocycles. The predicted octanol–water partition coefficient (Wildman–Crippen LogP) is 4.03. The molecule has 1 fully saturated rings. The molecule has 1 saturated heterocycles. The molecule has 7 nitrogen and oxygen atoms in total. The first-order valence-corrected chi connectivity index (χ1v) is 13.5. The Morgan fingerprint density at radius 3 is 2.26 bits per heavy atom. The summed E-state index contributed by atoms with van der Waals surface area (Å²) in [5.74, 6) is 0.389. The summed E-state index contributed by atoms with van der Waals surface area (Å²) >= 11 is 6.10. The number of benzene rings is 3. The minimum atomic E-state index is -3.66. The molecule has 0 aliphatic carbocycles. The Morgan fingerprint density at radius 1 is 0.943 bits per heavy atom. The van der Waals surface area contributed by atoms with Gasteiger partial charge in [0.25, 0.3) is 0 Å². The van der Waals surface area contributed by atoms with Crippen molar-refractivity contribution < 1.29 is 17.9 Å². The first-order chi connectivity index (χ1) is 16.8. The van der Waals surface area contributed by atoms with Crippen LogP contribution in [0.4, 0.5) is 11.4 Å². The summed E-state index contributed by atoms with van der Waals surface area (Å²) in [5.41, 5.74) is 2.47. The second-order valence-corrected chi connectivity index (χ2v) is 10.7. The highest BCUT2D eigenvalue weighted by molar-refractivity contribution is 7.92. The number of hydrogen-bond donors (Lipinski definition) is 0. The summed E-state index contributed by atoms with van der Waals surface area (Å²) in [6.45, 7) is 2.48. The maximum absolute atomic E-state index is 13.0. The van der Waals surface area contributed by atoms with Gasteiger partial charge in [-0.1, -0.05) is 48.0 Å². The highest BCUT2D eigenvalue weighted by atomic mass is 35.5. The average Bonchev–Trinajstić information content (AvgIpc) is 2.86. The maximum atomic E-state index is 13.0. The van der Waals surface area contributed by atoms with Crippen molar-refractivity contribution in [3.8, 4) is 5.75 Å². The third kappa shape index (κ3) is 6.68. The largest absolute Gasteiger partial charge is 0.489 e. The van der Waals surface area contributed by atoms with E-state index in [0.717, 1.165) is 21.8 Å². The van der Waals surface area contributed by atoms with Crippen LogP contribution in [0.15, 0.2) is 78.9 Å². The highest BCUT2D eigenvalue weighted by Crippen LogP contribution is 2.24. The van der Waals surface area contributed by atoms with E-state index in [1.54, 1.807) is 29.2 Å². The Kier molecular flexibility index (Phi) is 7.83. The third-order valence-electron chi connectivity index (χ3n) is 5.86. The molecule has 0 radical (unpaired) electrons. The SMILES string of the molecule is CS(=O)(=O)N(CC(=O)N1CCN(c2cccc(Cl)c2)CC1)c1ccc(OCc2ccccc2)cc1. The molecule has 35 heavy (non-hydrogen) atoms. The zero-order valence-corrected chi connectivity index (χ0v) is 21.1. The quantitative estimate of drug-likeness (QED) is 0.455. The fourth-order valence-electron chi connectivity index (χ4n) is 3.96. The molecule has 0 unspecified atom stereocenters. The zero-order valence-electron chi connectivity index (χ0n) is 19.5. The van der Waals surface area contributed by atoms with E-state index in [4.69, 9.17) is 16.3 Å².